The maximum Gasteiger partial charge on any atom is 0.354 e. The van der Waals surface area contributed by atoms with E-state index in [4.69, 9.17) is 5.11 Å². The molecule has 0 aliphatic rings. The van der Waals surface area contributed by atoms with E-state index in [1.165, 1.54) is 6.07 Å². The minimum Gasteiger partial charge on any atom is -0.477 e. The van der Waals surface area contributed by atoms with E-state index >= 15 is 0 Å². The van der Waals surface area contributed by atoms with Crippen LogP contribution in [0.3, 0.4) is 0 Å². The minimum absolute atomic E-state index is 0.0421. The van der Waals surface area contributed by atoms with Gasteiger partial charge in [-0.3, -0.25) is 4.68 Å². The summed E-state index contributed by atoms with van der Waals surface area (Å²) in [7, 11) is 1.77. The number of carboxylic acids is 1. The number of pyridine rings is 1. The quantitative estimate of drug-likeness (QED) is 0.695. The van der Waals surface area contributed by atoms with Crippen molar-refractivity contribution in [1.82, 2.24) is 14.8 Å². The van der Waals surface area contributed by atoms with Gasteiger partial charge in [-0.25, -0.2) is 9.78 Å². The molecule has 0 unspecified atom stereocenters. The third kappa shape index (κ3) is 1.24. The number of aryl methyl sites for hydroxylation is 1. The number of fused-ring (bicyclic) bond motifs is 1. The standard InChI is InChI=1S/C8H7N3O2/c1-11-4-7-5(10-11)2-3-6(9-7)8(12)13/h2-4H,1H3,(H,12,13). The monoisotopic (exact) mass is 177 g/mol. The van der Waals surface area contributed by atoms with Crippen LogP contribution in [0.15, 0.2) is 18.3 Å². The minimum atomic E-state index is -1.02. The van der Waals surface area contributed by atoms with Gasteiger partial charge in [-0.1, -0.05) is 0 Å². The Morgan fingerprint density at radius 3 is 2.92 bits per heavy atom. The molecule has 0 saturated heterocycles. The highest BCUT2D eigenvalue weighted by molar-refractivity contribution is 5.88. The molecule has 0 aliphatic heterocycles. The summed E-state index contributed by atoms with van der Waals surface area (Å²) in [4.78, 5) is 14.5. The third-order valence-electron chi connectivity index (χ3n) is 1.70. The van der Waals surface area contributed by atoms with Crippen LogP contribution < -0.4 is 0 Å². The lowest BCUT2D eigenvalue weighted by atomic mass is 10.3. The molecule has 2 aromatic rings. The van der Waals surface area contributed by atoms with Gasteiger partial charge in [-0.15, -0.1) is 0 Å². The van der Waals surface area contributed by atoms with Crippen molar-refractivity contribution in [3.8, 4) is 0 Å². The van der Waals surface area contributed by atoms with Crippen molar-refractivity contribution < 1.29 is 9.90 Å². The topological polar surface area (TPSA) is 68.0 Å². The molecule has 2 rings (SSSR count). The fourth-order valence-corrected chi connectivity index (χ4v) is 1.14. The van der Waals surface area contributed by atoms with Crippen LogP contribution in [0.5, 0.6) is 0 Å². The molecule has 0 saturated carbocycles. The molecule has 13 heavy (non-hydrogen) atoms. The van der Waals surface area contributed by atoms with E-state index in [-0.39, 0.29) is 5.69 Å². The molecular weight excluding hydrogens is 170 g/mol. The largest absolute Gasteiger partial charge is 0.477 e. The van der Waals surface area contributed by atoms with Gasteiger partial charge in [-0.05, 0) is 12.1 Å². The molecule has 0 radical (unpaired) electrons. The summed E-state index contributed by atoms with van der Waals surface area (Å²) in [6, 6.07) is 3.09. The van der Waals surface area contributed by atoms with Crippen molar-refractivity contribution >= 4 is 17.0 Å². The molecule has 0 aliphatic carbocycles. The summed E-state index contributed by atoms with van der Waals surface area (Å²) in [5.41, 5.74) is 1.34. The average Bonchev–Trinajstić information content (AvgIpc) is 2.42. The fraction of sp³-hybridized carbons (Fsp3) is 0.125. The molecule has 0 fully saturated rings. The van der Waals surface area contributed by atoms with Crippen molar-refractivity contribution in [2.24, 2.45) is 7.05 Å². The van der Waals surface area contributed by atoms with Gasteiger partial charge in [0.2, 0.25) is 0 Å². The van der Waals surface area contributed by atoms with E-state index in [9.17, 15) is 4.79 Å². The van der Waals surface area contributed by atoms with Crippen molar-refractivity contribution in [3.05, 3.63) is 24.0 Å². The van der Waals surface area contributed by atoms with E-state index in [2.05, 4.69) is 10.1 Å². The number of hydrogen-bond donors (Lipinski definition) is 1. The Bertz CT molecular complexity index is 475. The van der Waals surface area contributed by atoms with Crippen LogP contribution in [0.2, 0.25) is 0 Å². The summed E-state index contributed by atoms with van der Waals surface area (Å²) >= 11 is 0. The highest BCUT2D eigenvalue weighted by Crippen LogP contribution is 2.09. The van der Waals surface area contributed by atoms with Gasteiger partial charge in [0, 0.05) is 7.05 Å². The van der Waals surface area contributed by atoms with E-state index in [0.717, 1.165) is 0 Å². The number of carbonyl (C=O) groups is 1. The van der Waals surface area contributed by atoms with Crippen molar-refractivity contribution in [3.63, 3.8) is 0 Å². The smallest absolute Gasteiger partial charge is 0.354 e. The number of carboxylic acid groups (broad SMARTS) is 1. The van der Waals surface area contributed by atoms with Gasteiger partial charge >= 0.3 is 5.97 Å². The van der Waals surface area contributed by atoms with Crippen LogP contribution in [0.1, 0.15) is 10.5 Å². The zero-order valence-electron chi connectivity index (χ0n) is 6.93. The molecule has 2 heterocycles. The normalized spacial score (nSPS) is 10.5. The Kier molecular flexibility index (Phi) is 1.51. The van der Waals surface area contributed by atoms with Gasteiger partial charge in [-0.2, -0.15) is 5.10 Å². The van der Waals surface area contributed by atoms with E-state index < -0.39 is 5.97 Å². The maximum absolute atomic E-state index is 10.6. The Labute approximate surface area is 73.6 Å². The van der Waals surface area contributed by atoms with Crippen LogP contribution >= 0.6 is 0 Å². The van der Waals surface area contributed by atoms with E-state index in [0.29, 0.717) is 11.0 Å². The lowest BCUT2D eigenvalue weighted by Gasteiger charge is -1.90. The zero-order chi connectivity index (χ0) is 9.42. The van der Waals surface area contributed by atoms with Gasteiger partial charge in [0.05, 0.1) is 6.20 Å². The second kappa shape index (κ2) is 2.55. The molecular formula is C8H7N3O2. The number of aromatic nitrogens is 3. The average molecular weight is 177 g/mol. The highest BCUT2D eigenvalue weighted by Gasteiger charge is 2.06. The Balaban J connectivity index is 2.67. The van der Waals surface area contributed by atoms with Crippen LogP contribution in [0.4, 0.5) is 0 Å². The van der Waals surface area contributed by atoms with E-state index in [1.54, 1.807) is 24.0 Å². The molecule has 1 N–H and O–H groups in total. The summed E-state index contributed by atoms with van der Waals surface area (Å²) in [6.07, 6.45) is 1.68. The molecule has 5 heteroatoms. The first kappa shape index (κ1) is 7.72. The highest BCUT2D eigenvalue weighted by atomic mass is 16.4. The molecule has 0 amide bonds. The summed E-state index contributed by atoms with van der Waals surface area (Å²) in [5.74, 6) is -1.02. The Morgan fingerprint density at radius 2 is 2.23 bits per heavy atom. The molecule has 5 nitrogen and oxygen atoms in total. The molecule has 0 aromatic carbocycles. The first-order chi connectivity index (χ1) is 6.16. The van der Waals surface area contributed by atoms with Gasteiger partial charge in [0.1, 0.15) is 16.7 Å². The Hall–Kier alpha value is -1.91. The van der Waals surface area contributed by atoms with Crippen molar-refractivity contribution in [2.75, 3.05) is 0 Å². The second-order valence-electron chi connectivity index (χ2n) is 2.71. The first-order valence-corrected chi connectivity index (χ1v) is 3.70. The fourth-order valence-electron chi connectivity index (χ4n) is 1.14. The van der Waals surface area contributed by atoms with E-state index in [1.807, 2.05) is 0 Å². The summed E-state index contributed by atoms with van der Waals surface area (Å²) in [6.45, 7) is 0. The van der Waals surface area contributed by atoms with Crippen molar-refractivity contribution in [2.45, 2.75) is 0 Å². The van der Waals surface area contributed by atoms with Crippen LogP contribution in [0.25, 0.3) is 11.0 Å². The van der Waals surface area contributed by atoms with Gasteiger partial charge < -0.3 is 5.11 Å². The lowest BCUT2D eigenvalue weighted by Crippen LogP contribution is -1.98. The zero-order valence-corrected chi connectivity index (χ0v) is 6.93. The second-order valence-corrected chi connectivity index (χ2v) is 2.71. The lowest BCUT2D eigenvalue weighted by molar-refractivity contribution is 0.0691. The molecule has 0 atom stereocenters. The number of aromatic carboxylic acids is 1. The summed E-state index contributed by atoms with van der Waals surface area (Å²) < 4.78 is 1.60. The van der Waals surface area contributed by atoms with Crippen LogP contribution in [-0.2, 0) is 7.05 Å². The summed E-state index contributed by atoms with van der Waals surface area (Å²) in [5, 5.41) is 12.7. The number of nitrogens with zero attached hydrogens (tertiary/aromatic N) is 3. The third-order valence-corrected chi connectivity index (χ3v) is 1.70. The molecule has 0 spiro atoms. The SMILES string of the molecule is Cn1cc2nc(C(=O)O)ccc2n1. The predicted molar refractivity (Wildman–Crippen MR) is 45.5 cm³/mol. The maximum atomic E-state index is 10.6. The molecule has 0 bridgehead atoms. The predicted octanol–water partition coefficient (Wildman–Crippen LogP) is 0.666. The van der Waals surface area contributed by atoms with Gasteiger partial charge in [0.25, 0.3) is 0 Å². The number of rotatable bonds is 1. The first-order valence-electron chi connectivity index (χ1n) is 3.70. The molecule has 66 valence electrons. The van der Waals surface area contributed by atoms with Gasteiger partial charge in [0.15, 0.2) is 0 Å². The number of hydrogen-bond acceptors (Lipinski definition) is 3. The van der Waals surface area contributed by atoms with Crippen LogP contribution in [0, 0.1) is 0 Å². The van der Waals surface area contributed by atoms with Crippen molar-refractivity contribution in [1.29, 1.82) is 0 Å². The van der Waals surface area contributed by atoms with Crippen LogP contribution in [-0.4, -0.2) is 25.8 Å². The Morgan fingerprint density at radius 1 is 1.46 bits per heavy atom. The molecule has 2 aromatic heterocycles.